The molecule has 1 aromatic heterocycles. The molecule has 6 heteroatoms. The summed E-state index contributed by atoms with van der Waals surface area (Å²) in [4.78, 5) is 17.4. The first-order valence-corrected chi connectivity index (χ1v) is 7.81. The average molecular weight is 312 g/mol. The van der Waals surface area contributed by atoms with Gasteiger partial charge in [-0.2, -0.15) is 0 Å². The van der Waals surface area contributed by atoms with E-state index >= 15 is 0 Å². The monoisotopic (exact) mass is 312 g/mol. The summed E-state index contributed by atoms with van der Waals surface area (Å²) in [6, 6.07) is 12.0. The zero-order chi connectivity index (χ0) is 16.2. The number of nitrogens with zero attached hydrogens (tertiary/aromatic N) is 3. The number of aromatic nitrogens is 1. The lowest BCUT2D eigenvalue weighted by Gasteiger charge is -2.34. The van der Waals surface area contributed by atoms with E-state index in [-0.39, 0.29) is 16.7 Å². The Kier molecular flexibility index (Phi) is 4.41. The Bertz CT molecular complexity index is 690. The van der Waals surface area contributed by atoms with Gasteiger partial charge in [0.05, 0.1) is 4.92 Å². The lowest BCUT2D eigenvalue weighted by atomic mass is 10.0. The summed E-state index contributed by atoms with van der Waals surface area (Å²) < 4.78 is 0. The predicted molar refractivity (Wildman–Crippen MR) is 90.9 cm³/mol. The lowest BCUT2D eigenvalue weighted by Crippen LogP contribution is -2.42. The van der Waals surface area contributed by atoms with E-state index < -0.39 is 0 Å². The second-order valence-electron chi connectivity index (χ2n) is 5.85. The van der Waals surface area contributed by atoms with Crippen LogP contribution in [0, 0.1) is 17.0 Å². The Morgan fingerprint density at radius 1 is 1.30 bits per heavy atom. The molecule has 23 heavy (non-hydrogen) atoms. The summed E-state index contributed by atoms with van der Waals surface area (Å²) in [5.74, 6) is 0.481. The summed E-state index contributed by atoms with van der Waals surface area (Å²) >= 11 is 0. The Morgan fingerprint density at radius 3 is 2.83 bits per heavy atom. The van der Waals surface area contributed by atoms with Crippen molar-refractivity contribution in [1.82, 2.24) is 4.98 Å². The van der Waals surface area contributed by atoms with E-state index in [1.165, 1.54) is 0 Å². The van der Waals surface area contributed by atoms with E-state index in [0.29, 0.717) is 17.9 Å². The fourth-order valence-electron chi connectivity index (χ4n) is 3.05. The molecule has 1 atom stereocenters. The van der Waals surface area contributed by atoms with E-state index in [1.54, 1.807) is 19.2 Å². The van der Waals surface area contributed by atoms with Crippen LogP contribution in [0.25, 0.3) is 0 Å². The number of rotatable bonds is 4. The maximum absolute atomic E-state index is 11.4. The molecule has 6 nitrogen and oxygen atoms in total. The SMILES string of the molecule is Cc1ccnc(N2CCCC(Nc3ccccc3)C2)c1[N+](=O)[O-]. The smallest absolute Gasteiger partial charge is 0.314 e. The van der Waals surface area contributed by atoms with Crippen molar-refractivity contribution in [2.24, 2.45) is 0 Å². The van der Waals surface area contributed by atoms with Gasteiger partial charge in [-0.15, -0.1) is 0 Å². The van der Waals surface area contributed by atoms with Gasteiger partial charge in [0.1, 0.15) is 0 Å². The third-order valence-electron chi connectivity index (χ3n) is 4.15. The predicted octanol–water partition coefficient (Wildman–Crippen LogP) is 3.38. The first-order valence-electron chi connectivity index (χ1n) is 7.81. The fraction of sp³-hybridized carbons (Fsp3) is 0.353. The highest BCUT2D eigenvalue weighted by Crippen LogP contribution is 2.31. The number of benzene rings is 1. The van der Waals surface area contributed by atoms with E-state index in [4.69, 9.17) is 0 Å². The van der Waals surface area contributed by atoms with E-state index in [1.807, 2.05) is 35.2 Å². The lowest BCUT2D eigenvalue weighted by molar-refractivity contribution is -0.384. The highest BCUT2D eigenvalue weighted by Gasteiger charge is 2.28. The first-order chi connectivity index (χ1) is 11.1. The number of hydrogen-bond donors (Lipinski definition) is 1. The maximum atomic E-state index is 11.4. The van der Waals surface area contributed by atoms with Crippen molar-refractivity contribution >= 4 is 17.2 Å². The van der Waals surface area contributed by atoms with Crippen molar-refractivity contribution in [1.29, 1.82) is 0 Å². The number of para-hydroxylation sites is 1. The molecule has 2 heterocycles. The van der Waals surface area contributed by atoms with Crippen molar-refractivity contribution in [3.05, 3.63) is 58.3 Å². The van der Waals surface area contributed by atoms with Crippen molar-refractivity contribution in [3.63, 3.8) is 0 Å². The first kappa shape index (κ1) is 15.3. The molecule has 0 bridgehead atoms. The number of piperidine rings is 1. The van der Waals surface area contributed by atoms with Crippen molar-refractivity contribution < 1.29 is 4.92 Å². The zero-order valence-corrected chi connectivity index (χ0v) is 13.1. The minimum Gasteiger partial charge on any atom is -0.381 e. The number of nitro groups is 1. The Hall–Kier alpha value is -2.63. The minimum atomic E-state index is -0.327. The third kappa shape index (κ3) is 3.41. The summed E-state index contributed by atoms with van der Waals surface area (Å²) in [7, 11) is 0. The molecule has 1 fully saturated rings. The van der Waals surface area contributed by atoms with Crippen LogP contribution in [0.4, 0.5) is 17.2 Å². The van der Waals surface area contributed by atoms with Gasteiger partial charge in [-0.1, -0.05) is 18.2 Å². The van der Waals surface area contributed by atoms with Crippen LogP contribution in [0.2, 0.25) is 0 Å². The van der Waals surface area contributed by atoms with Crippen LogP contribution in [0.5, 0.6) is 0 Å². The summed E-state index contributed by atoms with van der Waals surface area (Å²) in [5.41, 5.74) is 1.84. The van der Waals surface area contributed by atoms with Gasteiger partial charge in [-0.3, -0.25) is 10.1 Å². The van der Waals surface area contributed by atoms with Gasteiger partial charge in [0.25, 0.3) is 0 Å². The molecule has 0 aliphatic carbocycles. The largest absolute Gasteiger partial charge is 0.381 e. The third-order valence-corrected chi connectivity index (χ3v) is 4.15. The molecule has 1 aliphatic heterocycles. The second kappa shape index (κ2) is 6.64. The van der Waals surface area contributed by atoms with Crippen LogP contribution in [0.1, 0.15) is 18.4 Å². The topological polar surface area (TPSA) is 71.3 Å². The Labute approximate surface area is 135 Å². The van der Waals surface area contributed by atoms with Crippen LogP contribution in [0.15, 0.2) is 42.6 Å². The molecule has 0 radical (unpaired) electrons. The number of pyridine rings is 1. The van der Waals surface area contributed by atoms with Crippen LogP contribution in [-0.2, 0) is 0 Å². The molecule has 0 amide bonds. The fourth-order valence-corrected chi connectivity index (χ4v) is 3.05. The average Bonchev–Trinajstić information content (AvgIpc) is 2.55. The molecular formula is C17H20N4O2. The normalized spacial score (nSPS) is 17.8. The standard InChI is InChI=1S/C17H20N4O2/c1-13-9-10-18-17(16(13)21(22)23)20-11-5-8-15(12-20)19-14-6-3-2-4-7-14/h2-4,6-7,9-10,15,19H,5,8,11-12H2,1H3. The molecule has 1 aliphatic rings. The number of nitrogens with one attached hydrogen (secondary N) is 1. The van der Waals surface area contributed by atoms with Gasteiger partial charge in [-0.05, 0) is 38.0 Å². The zero-order valence-electron chi connectivity index (χ0n) is 13.1. The van der Waals surface area contributed by atoms with Crippen LogP contribution >= 0.6 is 0 Å². The highest BCUT2D eigenvalue weighted by atomic mass is 16.6. The van der Waals surface area contributed by atoms with E-state index in [0.717, 1.165) is 25.1 Å². The molecule has 1 saturated heterocycles. The molecule has 2 aromatic rings. The van der Waals surface area contributed by atoms with Crippen LogP contribution in [-0.4, -0.2) is 29.0 Å². The van der Waals surface area contributed by atoms with Gasteiger partial charge in [0.15, 0.2) is 0 Å². The molecule has 1 unspecified atom stereocenters. The Morgan fingerprint density at radius 2 is 2.09 bits per heavy atom. The Balaban J connectivity index is 1.79. The van der Waals surface area contributed by atoms with Gasteiger partial charge in [-0.25, -0.2) is 4.98 Å². The quantitative estimate of drug-likeness (QED) is 0.692. The number of hydrogen-bond acceptors (Lipinski definition) is 5. The molecule has 1 aromatic carbocycles. The van der Waals surface area contributed by atoms with Crippen LogP contribution in [0.3, 0.4) is 0 Å². The molecule has 0 saturated carbocycles. The maximum Gasteiger partial charge on any atom is 0.314 e. The van der Waals surface area contributed by atoms with Gasteiger partial charge >= 0.3 is 5.69 Å². The number of anilines is 2. The highest BCUT2D eigenvalue weighted by molar-refractivity contribution is 5.62. The van der Waals surface area contributed by atoms with E-state index in [9.17, 15) is 10.1 Å². The molecule has 3 rings (SSSR count). The minimum absolute atomic E-state index is 0.118. The van der Waals surface area contributed by atoms with Gasteiger partial charge < -0.3 is 10.2 Å². The molecule has 1 N–H and O–H groups in total. The van der Waals surface area contributed by atoms with Crippen molar-refractivity contribution in [2.45, 2.75) is 25.8 Å². The summed E-state index contributed by atoms with van der Waals surface area (Å²) in [5, 5.41) is 14.9. The van der Waals surface area contributed by atoms with E-state index in [2.05, 4.69) is 10.3 Å². The summed E-state index contributed by atoms with van der Waals surface area (Å²) in [6.07, 6.45) is 3.67. The molecular weight excluding hydrogens is 292 g/mol. The van der Waals surface area contributed by atoms with Crippen molar-refractivity contribution in [2.75, 3.05) is 23.3 Å². The van der Waals surface area contributed by atoms with Crippen LogP contribution < -0.4 is 10.2 Å². The van der Waals surface area contributed by atoms with Gasteiger partial charge in [0.2, 0.25) is 5.82 Å². The summed E-state index contributed by atoms with van der Waals surface area (Å²) in [6.45, 7) is 3.27. The van der Waals surface area contributed by atoms with Gasteiger partial charge in [0, 0.05) is 36.6 Å². The van der Waals surface area contributed by atoms with Crippen molar-refractivity contribution in [3.8, 4) is 0 Å². The molecule has 120 valence electrons. The molecule has 0 spiro atoms. The number of aryl methyl sites for hydroxylation is 1. The second-order valence-corrected chi connectivity index (χ2v) is 5.85.